The predicted octanol–water partition coefficient (Wildman–Crippen LogP) is 3.39. The molecule has 1 aliphatic carbocycles. The van der Waals surface area contributed by atoms with Gasteiger partial charge in [-0.25, -0.2) is 4.79 Å². The number of aryl methyl sites for hydroxylation is 1. The summed E-state index contributed by atoms with van der Waals surface area (Å²) in [7, 11) is 0. The molecule has 7 heteroatoms. The Morgan fingerprint density at radius 1 is 1.24 bits per heavy atom. The largest absolute Gasteiger partial charge is 0.454 e. The van der Waals surface area contributed by atoms with Crippen LogP contribution in [-0.4, -0.2) is 27.8 Å². The number of nitro benzene ring substituents is 1. The fourth-order valence-electron chi connectivity index (χ4n) is 3.05. The molecule has 0 atom stereocenters. The van der Waals surface area contributed by atoms with E-state index in [1.165, 1.54) is 24.3 Å². The number of Topliss-reactive ketones (excluding diaryl/α,β-unsaturated/α-hetero) is 1. The second kappa shape index (κ2) is 6.51. The van der Waals surface area contributed by atoms with Crippen LogP contribution in [0.2, 0.25) is 0 Å². The number of hydrogen-bond donors (Lipinski definition) is 0. The third-order valence-electron chi connectivity index (χ3n) is 4.35. The Hall–Kier alpha value is -2.96. The second-order valence-corrected chi connectivity index (χ2v) is 6.16. The maximum absolute atomic E-state index is 12.4. The molecule has 7 nitrogen and oxygen atoms in total. The molecular formula is C18H18N2O5. The minimum Gasteiger partial charge on any atom is -0.454 e. The fraction of sp³-hybridized carbons (Fsp3) is 0.333. The Balaban J connectivity index is 1.72. The van der Waals surface area contributed by atoms with Gasteiger partial charge in [0.15, 0.2) is 6.61 Å². The van der Waals surface area contributed by atoms with Crippen LogP contribution >= 0.6 is 0 Å². The van der Waals surface area contributed by atoms with E-state index in [9.17, 15) is 19.7 Å². The van der Waals surface area contributed by atoms with Gasteiger partial charge in [-0.15, -0.1) is 0 Å². The summed E-state index contributed by atoms with van der Waals surface area (Å²) in [5.74, 6) is -1.19. The first-order valence-corrected chi connectivity index (χ1v) is 8.02. The third kappa shape index (κ3) is 3.31. The standard InChI is InChI=1S/C18H18N2O5/c1-11-9-15(12(2)19(11)13-7-8-13)17(21)10-25-18(22)14-5-3-4-6-16(14)20(23)24/h3-6,9,13H,7-8,10H2,1-2H3. The number of para-hydroxylation sites is 1. The number of ether oxygens (including phenoxy) is 1. The van der Waals surface area contributed by atoms with Crippen LogP contribution in [0.4, 0.5) is 5.69 Å². The smallest absolute Gasteiger partial charge is 0.345 e. The summed E-state index contributed by atoms with van der Waals surface area (Å²) in [5.41, 5.74) is 1.90. The number of esters is 1. The van der Waals surface area contributed by atoms with Gasteiger partial charge >= 0.3 is 5.97 Å². The highest BCUT2D eigenvalue weighted by Crippen LogP contribution is 2.38. The van der Waals surface area contributed by atoms with Crippen LogP contribution in [0.15, 0.2) is 30.3 Å². The number of carbonyl (C=O) groups excluding carboxylic acids is 2. The monoisotopic (exact) mass is 342 g/mol. The first kappa shape index (κ1) is 16.9. The number of aromatic nitrogens is 1. The predicted molar refractivity (Wildman–Crippen MR) is 89.9 cm³/mol. The Morgan fingerprint density at radius 2 is 1.92 bits per heavy atom. The molecule has 0 saturated heterocycles. The van der Waals surface area contributed by atoms with E-state index in [-0.39, 0.29) is 17.0 Å². The molecule has 0 radical (unpaired) electrons. The van der Waals surface area contributed by atoms with Gasteiger partial charge in [0.25, 0.3) is 5.69 Å². The maximum atomic E-state index is 12.4. The van der Waals surface area contributed by atoms with E-state index in [2.05, 4.69) is 4.57 Å². The lowest BCUT2D eigenvalue weighted by Gasteiger charge is -2.08. The molecule has 25 heavy (non-hydrogen) atoms. The number of hydrogen-bond acceptors (Lipinski definition) is 5. The van der Waals surface area contributed by atoms with E-state index in [4.69, 9.17) is 4.74 Å². The normalized spacial score (nSPS) is 13.5. The van der Waals surface area contributed by atoms with Gasteiger partial charge in [-0.1, -0.05) is 12.1 Å². The van der Waals surface area contributed by atoms with Crippen molar-refractivity contribution in [3.05, 3.63) is 63.0 Å². The van der Waals surface area contributed by atoms with Crippen LogP contribution < -0.4 is 0 Å². The second-order valence-electron chi connectivity index (χ2n) is 6.16. The van der Waals surface area contributed by atoms with Crippen LogP contribution in [0.1, 0.15) is 51.0 Å². The van der Waals surface area contributed by atoms with Gasteiger partial charge in [0.05, 0.1) is 4.92 Å². The van der Waals surface area contributed by atoms with Crippen LogP contribution in [0, 0.1) is 24.0 Å². The molecule has 0 bridgehead atoms. The first-order chi connectivity index (χ1) is 11.9. The van der Waals surface area contributed by atoms with Crippen molar-refractivity contribution in [2.24, 2.45) is 0 Å². The maximum Gasteiger partial charge on any atom is 0.345 e. The summed E-state index contributed by atoms with van der Waals surface area (Å²) in [6, 6.07) is 7.76. The molecule has 1 heterocycles. The third-order valence-corrected chi connectivity index (χ3v) is 4.35. The lowest BCUT2D eigenvalue weighted by atomic mass is 10.1. The zero-order chi connectivity index (χ0) is 18.1. The van der Waals surface area contributed by atoms with Gasteiger partial charge in [-0.3, -0.25) is 14.9 Å². The number of rotatable bonds is 6. The highest BCUT2D eigenvalue weighted by Gasteiger charge is 2.29. The average molecular weight is 342 g/mol. The van der Waals surface area contributed by atoms with Crippen molar-refractivity contribution in [3.8, 4) is 0 Å². The molecule has 0 aliphatic heterocycles. The number of nitrogens with zero attached hydrogens (tertiary/aromatic N) is 2. The Labute approximate surface area is 144 Å². The Kier molecular flexibility index (Phi) is 4.39. The van der Waals surface area contributed by atoms with E-state index in [1.807, 2.05) is 13.8 Å². The summed E-state index contributed by atoms with van der Waals surface area (Å²) in [5, 5.41) is 11.0. The first-order valence-electron chi connectivity index (χ1n) is 8.02. The van der Waals surface area contributed by atoms with E-state index >= 15 is 0 Å². The molecule has 0 spiro atoms. The van der Waals surface area contributed by atoms with Crippen molar-refractivity contribution in [2.75, 3.05) is 6.61 Å². The van der Waals surface area contributed by atoms with Crippen molar-refractivity contribution in [1.82, 2.24) is 4.57 Å². The van der Waals surface area contributed by atoms with Crippen LogP contribution in [0.25, 0.3) is 0 Å². The molecular weight excluding hydrogens is 324 g/mol. The highest BCUT2D eigenvalue weighted by molar-refractivity contribution is 6.01. The topological polar surface area (TPSA) is 91.4 Å². The Bertz CT molecular complexity index is 864. The van der Waals surface area contributed by atoms with E-state index in [0.717, 1.165) is 24.2 Å². The lowest BCUT2D eigenvalue weighted by molar-refractivity contribution is -0.385. The molecule has 2 aromatic rings. The van der Waals surface area contributed by atoms with Crippen LogP contribution in [0.5, 0.6) is 0 Å². The zero-order valence-corrected chi connectivity index (χ0v) is 14.0. The summed E-state index contributed by atoms with van der Waals surface area (Å²) < 4.78 is 7.15. The van der Waals surface area contributed by atoms with Gasteiger partial charge < -0.3 is 9.30 Å². The molecule has 1 aromatic carbocycles. The van der Waals surface area contributed by atoms with E-state index in [1.54, 1.807) is 6.07 Å². The molecule has 0 N–H and O–H groups in total. The summed E-state index contributed by atoms with van der Waals surface area (Å²) in [6.07, 6.45) is 2.22. The molecule has 1 saturated carbocycles. The van der Waals surface area contributed by atoms with Gasteiger partial charge in [-0.2, -0.15) is 0 Å². The number of ketones is 1. The fourth-order valence-corrected chi connectivity index (χ4v) is 3.05. The molecule has 1 fully saturated rings. The summed E-state index contributed by atoms with van der Waals surface area (Å²) in [4.78, 5) is 34.8. The average Bonchev–Trinajstić information content (AvgIpc) is 3.37. The van der Waals surface area contributed by atoms with Gasteiger partial charge in [-0.05, 0) is 38.8 Å². The number of carbonyl (C=O) groups is 2. The van der Waals surface area contributed by atoms with Crippen LogP contribution in [-0.2, 0) is 4.74 Å². The van der Waals surface area contributed by atoms with Crippen molar-refractivity contribution >= 4 is 17.4 Å². The minimum atomic E-state index is -0.878. The van der Waals surface area contributed by atoms with Crippen molar-refractivity contribution in [2.45, 2.75) is 32.7 Å². The highest BCUT2D eigenvalue weighted by atomic mass is 16.6. The molecule has 3 rings (SSSR count). The number of benzene rings is 1. The molecule has 0 unspecified atom stereocenters. The van der Waals surface area contributed by atoms with Gasteiger partial charge in [0, 0.05) is 29.1 Å². The van der Waals surface area contributed by atoms with Crippen molar-refractivity contribution in [1.29, 1.82) is 0 Å². The van der Waals surface area contributed by atoms with Gasteiger partial charge in [0.1, 0.15) is 5.56 Å². The molecule has 1 aromatic heterocycles. The lowest BCUT2D eigenvalue weighted by Crippen LogP contribution is -2.16. The quantitative estimate of drug-likeness (QED) is 0.347. The van der Waals surface area contributed by atoms with E-state index < -0.39 is 17.5 Å². The summed E-state index contributed by atoms with van der Waals surface area (Å²) >= 11 is 0. The SMILES string of the molecule is Cc1cc(C(=O)COC(=O)c2ccccc2[N+](=O)[O-])c(C)n1C1CC1. The van der Waals surface area contributed by atoms with Gasteiger partial charge in [0.2, 0.25) is 5.78 Å². The van der Waals surface area contributed by atoms with Crippen molar-refractivity contribution in [3.63, 3.8) is 0 Å². The molecule has 130 valence electrons. The zero-order valence-electron chi connectivity index (χ0n) is 14.0. The Morgan fingerprint density at radius 3 is 2.56 bits per heavy atom. The summed E-state index contributed by atoms with van der Waals surface area (Å²) in [6.45, 7) is 3.38. The molecule has 0 amide bonds. The van der Waals surface area contributed by atoms with E-state index in [0.29, 0.717) is 11.6 Å². The minimum absolute atomic E-state index is 0.163. The molecule has 1 aliphatic rings. The van der Waals surface area contributed by atoms with Crippen molar-refractivity contribution < 1.29 is 19.2 Å². The number of nitro groups is 1. The van der Waals surface area contributed by atoms with Crippen LogP contribution in [0.3, 0.4) is 0 Å².